The van der Waals surface area contributed by atoms with E-state index in [1.54, 1.807) is 0 Å². The van der Waals surface area contributed by atoms with E-state index in [0.717, 1.165) is 23.8 Å². The van der Waals surface area contributed by atoms with Gasteiger partial charge in [0.25, 0.3) is 0 Å². The maximum atomic E-state index is 2.66. The summed E-state index contributed by atoms with van der Waals surface area (Å²) in [7, 11) is 0. The fraction of sp³-hybridized carbons (Fsp3) is 1.00. The number of hydrogen-bond acceptors (Lipinski definition) is 1. The van der Waals surface area contributed by atoms with Crippen molar-refractivity contribution in [2.24, 2.45) is 17.8 Å². The molecule has 1 heterocycles. The fourth-order valence-electron chi connectivity index (χ4n) is 2.99. The lowest BCUT2D eigenvalue weighted by Crippen LogP contribution is -2.29. The van der Waals surface area contributed by atoms with Crippen LogP contribution in [0.1, 0.15) is 33.6 Å². The molecule has 0 aromatic rings. The van der Waals surface area contributed by atoms with Crippen LogP contribution < -0.4 is 0 Å². The normalized spacial score (nSPS) is 42.5. The van der Waals surface area contributed by atoms with Crippen LogP contribution in [0.25, 0.3) is 0 Å². The monoisotopic (exact) mass is 167 g/mol. The minimum atomic E-state index is 0.766. The maximum absolute atomic E-state index is 2.66. The van der Waals surface area contributed by atoms with Crippen LogP contribution in [-0.2, 0) is 0 Å². The number of likely N-dealkylation sites (tertiary alicyclic amines) is 1. The van der Waals surface area contributed by atoms with Crippen LogP contribution in [0.15, 0.2) is 0 Å². The number of hydrogen-bond donors (Lipinski definition) is 0. The van der Waals surface area contributed by atoms with Gasteiger partial charge < -0.3 is 4.90 Å². The number of fused-ring (bicyclic) bond motifs is 1. The van der Waals surface area contributed by atoms with E-state index >= 15 is 0 Å². The smallest absolute Gasteiger partial charge is 0.00388 e. The van der Waals surface area contributed by atoms with Crippen molar-refractivity contribution in [3.8, 4) is 0 Å². The van der Waals surface area contributed by atoms with Crippen molar-refractivity contribution in [3.63, 3.8) is 0 Å². The van der Waals surface area contributed by atoms with E-state index in [-0.39, 0.29) is 0 Å². The van der Waals surface area contributed by atoms with Crippen LogP contribution in [-0.4, -0.2) is 24.0 Å². The minimum absolute atomic E-state index is 0.766. The van der Waals surface area contributed by atoms with Crippen LogP contribution in [0.2, 0.25) is 0 Å². The Kier molecular flexibility index (Phi) is 2.16. The Bertz CT molecular complexity index is 164. The summed E-state index contributed by atoms with van der Waals surface area (Å²) in [5.41, 5.74) is 0. The van der Waals surface area contributed by atoms with Gasteiger partial charge in [-0.2, -0.15) is 0 Å². The second kappa shape index (κ2) is 3.02. The molecule has 0 N–H and O–H groups in total. The molecule has 1 saturated heterocycles. The van der Waals surface area contributed by atoms with E-state index in [9.17, 15) is 0 Å². The predicted octanol–water partition coefficient (Wildman–Crippen LogP) is 2.37. The zero-order valence-corrected chi connectivity index (χ0v) is 8.59. The Hall–Kier alpha value is -0.0400. The maximum Gasteiger partial charge on any atom is 0.00388 e. The van der Waals surface area contributed by atoms with Crippen molar-refractivity contribution in [1.29, 1.82) is 0 Å². The zero-order chi connectivity index (χ0) is 8.72. The van der Waals surface area contributed by atoms with Crippen LogP contribution >= 0.6 is 0 Å². The Morgan fingerprint density at radius 3 is 2.50 bits per heavy atom. The molecule has 12 heavy (non-hydrogen) atoms. The van der Waals surface area contributed by atoms with Gasteiger partial charge in [0.15, 0.2) is 0 Å². The van der Waals surface area contributed by atoms with Gasteiger partial charge in [-0.3, -0.25) is 0 Å². The lowest BCUT2D eigenvalue weighted by atomic mass is 9.94. The molecule has 1 nitrogen and oxygen atoms in total. The largest absolute Gasteiger partial charge is 0.300 e. The molecule has 0 amide bonds. The molecule has 2 rings (SSSR count). The van der Waals surface area contributed by atoms with Gasteiger partial charge >= 0.3 is 0 Å². The molecular weight excluding hydrogens is 146 g/mol. The summed E-state index contributed by atoms with van der Waals surface area (Å²) in [6.07, 6.45) is 2.98. The predicted molar refractivity (Wildman–Crippen MR) is 52.1 cm³/mol. The van der Waals surface area contributed by atoms with E-state index in [0.29, 0.717) is 0 Å². The highest BCUT2D eigenvalue weighted by Gasteiger charge is 2.40. The van der Waals surface area contributed by atoms with Crippen molar-refractivity contribution in [2.75, 3.05) is 13.1 Å². The average Bonchev–Trinajstić information content (AvgIpc) is 2.53. The fourth-order valence-corrected chi connectivity index (χ4v) is 2.99. The summed E-state index contributed by atoms with van der Waals surface area (Å²) in [6, 6.07) is 0.766. The third kappa shape index (κ3) is 1.28. The number of nitrogens with zero attached hydrogens (tertiary/aromatic N) is 1. The van der Waals surface area contributed by atoms with Gasteiger partial charge in [-0.05, 0) is 38.0 Å². The zero-order valence-electron chi connectivity index (χ0n) is 8.59. The summed E-state index contributed by atoms with van der Waals surface area (Å²) in [4.78, 5) is 2.66. The summed E-state index contributed by atoms with van der Waals surface area (Å²) in [5.74, 6) is 3.08. The van der Waals surface area contributed by atoms with Gasteiger partial charge in [0, 0.05) is 19.1 Å². The molecule has 1 saturated carbocycles. The second-order valence-corrected chi connectivity index (χ2v) is 5.03. The van der Waals surface area contributed by atoms with Crippen molar-refractivity contribution < 1.29 is 0 Å². The molecule has 2 unspecified atom stereocenters. The molecule has 0 bridgehead atoms. The summed E-state index contributed by atoms with van der Waals surface area (Å²) < 4.78 is 0. The highest BCUT2D eigenvalue weighted by molar-refractivity contribution is 4.92. The highest BCUT2D eigenvalue weighted by atomic mass is 15.2. The molecule has 1 aliphatic carbocycles. The van der Waals surface area contributed by atoms with Gasteiger partial charge in [0.1, 0.15) is 0 Å². The van der Waals surface area contributed by atoms with E-state index < -0.39 is 0 Å². The molecule has 0 aromatic carbocycles. The van der Waals surface area contributed by atoms with Gasteiger partial charge in [0.05, 0.1) is 0 Å². The van der Waals surface area contributed by atoms with Gasteiger partial charge in [-0.15, -0.1) is 0 Å². The lowest BCUT2D eigenvalue weighted by Gasteiger charge is -2.22. The van der Waals surface area contributed by atoms with E-state index in [4.69, 9.17) is 0 Å². The first kappa shape index (κ1) is 8.55. The van der Waals surface area contributed by atoms with Crippen LogP contribution in [0.4, 0.5) is 0 Å². The van der Waals surface area contributed by atoms with Crippen LogP contribution in [0, 0.1) is 17.8 Å². The summed E-state index contributed by atoms with van der Waals surface area (Å²) >= 11 is 0. The summed E-state index contributed by atoms with van der Waals surface area (Å²) in [5, 5.41) is 0. The standard InChI is InChI=1S/C11H21N/c1-8(2)12-6-10-5-4-9(3)11(10)7-12/h8-11H,4-7H2,1-3H3/t9-,10?,11?/m1/s1. The highest BCUT2D eigenvalue weighted by Crippen LogP contribution is 2.42. The Balaban J connectivity index is 1.98. The van der Waals surface area contributed by atoms with Gasteiger partial charge in [-0.25, -0.2) is 0 Å². The molecule has 2 fully saturated rings. The van der Waals surface area contributed by atoms with E-state index in [1.165, 1.54) is 25.9 Å². The first-order valence-corrected chi connectivity index (χ1v) is 5.42. The van der Waals surface area contributed by atoms with Crippen LogP contribution in [0.3, 0.4) is 0 Å². The third-order valence-electron chi connectivity index (χ3n) is 3.97. The molecular formula is C11H21N. The molecule has 3 atom stereocenters. The average molecular weight is 167 g/mol. The summed E-state index contributed by atoms with van der Waals surface area (Å²) in [6.45, 7) is 9.85. The van der Waals surface area contributed by atoms with E-state index in [2.05, 4.69) is 25.7 Å². The van der Waals surface area contributed by atoms with Crippen molar-refractivity contribution in [3.05, 3.63) is 0 Å². The Morgan fingerprint density at radius 2 is 1.92 bits per heavy atom. The molecule has 0 spiro atoms. The lowest BCUT2D eigenvalue weighted by molar-refractivity contribution is 0.245. The first-order chi connectivity index (χ1) is 5.68. The molecule has 0 radical (unpaired) electrons. The topological polar surface area (TPSA) is 3.24 Å². The van der Waals surface area contributed by atoms with Crippen molar-refractivity contribution in [2.45, 2.75) is 39.7 Å². The van der Waals surface area contributed by atoms with Gasteiger partial charge in [-0.1, -0.05) is 13.3 Å². The first-order valence-electron chi connectivity index (χ1n) is 5.42. The quantitative estimate of drug-likeness (QED) is 0.579. The Morgan fingerprint density at radius 1 is 1.17 bits per heavy atom. The Labute approximate surface area is 76.1 Å². The molecule has 0 aromatic heterocycles. The van der Waals surface area contributed by atoms with E-state index in [1.807, 2.05) is 0 Å². The SMILES string of the molecule is CC(C)N1CC2CC[C@@H](C)C2C1. The molecule has 2 aliphatic rings. The van der Waals surface area contributed by atoms with Crippen molar-refractivity contribution in [1.82, 2.24) is 4.90 Å². The molecule has 1 heteroatoms. The third-order valence-corrected chi connectivity index (χ3v) is 3.97. The van der Waals surface area contributed by atoms with Gasteiger partial charge in [0.2, 0.25) is 0 Å². The number of rotatable bonds is 1. The minimum Gasteiger partial charge on any atom is -0.300 e. The second-order valence-electron chi connectivity index (χ2n) is 5.03. The molecule has 70 valence electrons. The molecule has 1 aliphatic heterocycles. The van der Waals surface area contributed by atoms with Crippen LogP contribution in [0.5, 0.6) is 0 Å². The van der Waals surface area contributed by atoms with Crippen molar-refractivity contribution >= 4 is 0 Å².